The number of thioether (sulfide) groups is 1. The van der Waals surface area contributed by atoms with E-state index in [-0.39, 0.29) is 23.7 Å². The van der Waals surface area contributed by atoms with Gasteiger partial charge in [-0.05, 0) is 24.7 Å². The first kappa shape index (κ1) is 19.0. The number of rotatable bonds is 5. The number of piperidine rings is 1. The zero-order valence-electron chi connectivity index (χ0n) is 14.2. The minimum atomic E-state index is -0.960. The van der Waals surface area contributed by atoms with E-state index in [1.165, 1.54) is 35.9 Å². The molecule has 1 amide bonds. The van der Waals surface area contributed by atoms with Crippen LogP contribution in [0.15, 0.2) is 17.0 Å². The van der Waals surface area contributed by atoms with Crippen molar-refractivity contribution in [2.45, 2.75) is 18.2 Å². The van der Waals surface area contributed by atoms with Crippen LogP contribution in [0.25, 0.3) is 0 Å². The van der Waals surface area contributed by atoms with Crippen LogP contribution in [0.2, 0.25) is 0 Å². The number of carboxylic acid groups (broad SMARTS) is 1. The summed E-state index contributed by atoms with van der Waals surface area (Å²) in [4.78, 5) is 37.0. The van der Waals surface area contributed by atoms with Gasteiger partial charge in [-0.25, -0.2) is 0 Å². The van der Waals surface area contributed by atoms with Crippen LogP contribution in [0.5, 0.6) is 5.75 Å². The number of likely N-dealkylation sites (tertiary alicyclic amines) is 1. The molecule has 0 spiro atoms. The summed E-state index contributed by atoms with van der Waals surface area (Å²) in [6.45, 7) is 2.29. The zero-order chi connectivity index (χ0) is 18.7. The summed E-state index contributed by atoms with van der Waals surface area (Å²) in [6.07, 6.45) is 2.27. The number of carbonyl (C=O) groups excluding carboxylic acids is 1. The molecule has 1 heterocycles. The van der Waals surface area contributed by atoms with E-state index in [4.69, 9.17) is 4.74 Å². The second kappa shape index (κ2) is 7.73. The highest BCUT2D eigenvalue weighted by atomic mass is 32.2. The molecule has 2 unspecified atom stereocenters. The van der Waals surface area contributed by atoms with Gasteiger partial charge in [0.05, 0.1) is 28.9 Å². The molecule has 0 bridgehead atoms. The molecule has 1 fully saturated rings. The Balaban J connectivity index is 2.43. The van der Waals surface area contributed by atoms with E-state index >= 15 is 0 Å². The van der Waals surface area contributed by atoms with Gasteiger partial charge >= 0.3 is 5.97 Å². The molecule has 1 N–H and O–H groups in total. The van der Waals surface area contributed by atoms with Crippen LogP contribution in [-0.4, -0.2) is 53.3 Å². The van der Waals surface area contributed by atoms with E-state index in [2.05, 4.69) is 0 Å². The van der Waals surface area contributed by atoms with Gasteiger partial charge in [0, 0.05) is 13.1 Å². The number of aliphatic carboxylic acids is 1. The highest BCUT2D eigenvalue weighted by Crippen LogP contribution is 2.35. The van der Waals surface area contributed by atoms with Gasteiger partial charge in [-0.2, -0.15) is 0 Å². The number of nitro groups is 1. The molecule has 9 heteroatoms. The fourth-order valence-corrected chi connectivity index (χ4v) is 3.64. The Morgan fingerprint density at radius 3 is 2.60 bits per heavy atom. The summed E-state index contributed by atoms with van der Waals surface area (Å²) in [5.41, 5.74) is -0.391. The van der Waals surface area contributed by atoms with Gasteiger partial charge in [0.25, 0.3) is 11.6 Å². The lowest BCUT2D eigenvalue weighted by molar-refractivity contribution is -0.385. The summed E-state index contributed by atoms with van der Waals surface area (Å²) >= 11 is 1.31. The van der Waals surface area contributed by atoms with Gasteiger partial charge < -0.3 is 14.7 Å². The normalized spacial score (nSPS) is 20.2. The van der Waals surface area contributed by atoms with E-state index in [1.54, 1.807) is 6.26 Å². The van der Waals surface area contributed by atoms with E-state index in [0.29, 0.717) is 23.6 Å². The van der Waals surface area contributed by atoms with Crippen LogP contribution in [-0.2, 0) is 4.79 Å². The molecule has 2 rings (SSSR count). The maximum atomic E-state index is 12.9. The number of benzene rings is 1. The van der Waals surface area contributed by atoms with Gasteiger partial charge in [0.15, 0.2) is 0 Å². The number of nitrogens with zero attached hydrogens (tertiary/aromatic N) is 2. The van der Waals surface area contributed by atoms with Crippen molar-refractivity contribution in [2.24, 2.45) is 11.8 Å². The van der Waals surface area contributed by atoms with Gasteiger partial charge in [-0.1, -0.05) is 6.92 Å². The molecule has 1 aromatic carbocycles. The first-order chi connectivity index (χ1) is 11.8. The van der Waals surface area contributed by atoms with Gasteiger partial charge in [0.1, 0.15) is 11.3 Å². The second-order valence-electron chi connectivity index (χ2n) is 6.07. The Bertz CT molecular complexity index is 708. The highest BCUT2D eigenvalue weighted by molar-refractivity contribution is 7.98. The SMILES string of the molecule is COc1cc([N+](=O)[O-])c(C(=O)N2CC(C)CC(C(=O)O)C2)cc1SC. The maximum absolute atomic E-state index is 12.9. The lowest BCUT2D eigenvalue weighted by Gasteiger charge is -2.34. The van der Waals surface area contributed by atoms with Crippen LogP contribution < -0.4 is 4.74 Å². The monoisotopic (exact) mass is 368 g/mol. The van der Waals surface area contributed by atoms with Crippen molar-refractivity contribution >= 4 is 29.3 Å². The number of carbonyl (C=O) groups is 2. The average Bonchev–Trinajstić information content (AvgIpc) is 2.59. The molecule has 136 valence electrons. The highest BCUT2D eigenvalue weighted by Gasteiger charge is 2.35. The molecule has 0 aromatic heterocycles. The number of carboxylic acids is 1. The molecular formula is C16H20N2O6S. The van der Waals surface area contributed by atoms with E-state index in [1.807, 2.05) is 6.92 Å². The lowest BCUT2D eigenvalue weighted by Crippen LogP contribution is -2.45. The fourth-order valence-electron chi connectivity index (χ4n) is 3.06. The van der Waals surface area contributed by atoms with Crippen molar-refractivity contribution in [1.82, 2.24) is 4.90 Å². The first-order valence-electron chi connectivity index (χ1n) is 7.71. The first-order valence-corrected chi connectivity index (χ1v) is 8.93. The average molecular weight is 368 g/mol. The van der Waals surface area contributed by atoms with Crippen molar-refractivity contribution < 1.29 is 24.4 Å². The molecule has 25 heavy (non-hydrogen) atoms. The molecule has 0 aliphatic carbocycles. The third kappa shape index (κ3) is 4.04. The Labute approximate surface area is 149 Å². The Morgan fingerprint density at radius 2 is 2.08 bits per heavy atom. The van der Waals surface area contributed by atoms with Crippen LogP contribution in [0.3, 0.4) is 0 Å². The summed E-state index contributed by atoms with van der Waals surface area (Å²) in [7, 11) is 1.41. The van der Waals surface area contributed by atoms with Crippen LogP contribution in [0.4, 0.5) is 5.69 Å². The molecule has 1 saturated heterocycles. The molecule has 1 aliphatic rings. The summed E-state index contributed by atoms with van der Waals surface area (Å²) in [5, 5.41) is 20.6. The predicted octanol–water partition coefficient (Wildman–Crippen LogP) is 2.51. The van der Waals surface area contributed by atoms with Crippen molar-refractivity contribution in [3.8, 4) is 5.75 Å². The maximum Gasteiger partial charge on any atom is 0.308 e. The van der Waals surface area contributed by atoms with Crippen LogP contribution >= 0.6 is 11.8 Å². The number of amides is 1. The largest absolute Gasteiger partial charge is 0.495 e. The topological polar surface area (TPSA) is 110 Å². The molecular weight excluding hydrogens is 348 g/mol. The number of hydrogen-bond acceptors (Lipinski definition) is 6. The van der Waals surface area contributed by atoms with E-state index < -0.39 is 22.7 Å². The Kier molecular flexibility index (Phi) is 5.89. The third-order valence-corrected chi connectivity index (χ3v) is 4.98. The second-order valence-corrected chi connectivity index (χ2v) is 6.92. The molecule has 0 saturated carbocycles. The number of hydrogen-bond donors (Lipinski definition) is 1. The van der Waals surface area contributed by atoms with Crippen molar-refractivity contribution in [2.75, 3.05) is 26.5 Å². The number of methoxy groups -OCH3 is 1. The standard InChI is InChI=1S/C16H20N2O6S/c1-9-4-10(16(20)21)8-17(7-9)15(19)11-5-14(25-3)13(24-2)6-12(11)18(22)23/h5-6,9-10H,4,7-8H2,1-3H3,(H,20,21). The van der Waals surface area contributed by atoms with Crippen molar-refractivity contribution in [1.29, 1.82) is 0 Å². The van der Waals surface area contributed by atoms with Gasteiger partial charge in [0.2, 0.25) is 0 Å². The van der Waals surface area contributed by atoms with E-state index in [0.717, 1.165) is 0 Å². The van der Waals surface area contributed by atoms with Crippen molar-refractivity contribution in [3.63, 3.8) is 0 Å². The fraction of sp³-hybridized carbons (Fsp3) is 0.500. The lowest BCUT2D eigenvalue weighted by atomic mass is 9.90. The van der Waals surface area contributed by atoms with Gasteiger partial charge in [-0.15, -0.1) is 11.8 Å². The van der Waals surface area contributed by atoms with E-state index in [9.17, 15) is 24.8 Å². The molecule has 8 nitrogen and oxygen atoms in total. The Morgan fingerprint density at radius 1 is 1.40 bits per heavy atom. The Hall–Kier alpha value is -2.29. The smallest absolute Gasteiger partial charge is 0.308 e. The molecule has 1 aliphatic heterocycles. The molecule has 1 aromatic rings. The predicted molar refractivity (Wildman–Crippen MR) is 92.2 cm³/mol. The minimum Gasteiger partial charge on any atom is -0.495 e. The van der Waals surface area contributed by atoms with Crippen LogP contribution in [0, 0.1) is 22.0 Å². The van der Waals surface area contributed by atoms with Crippen molar-refractivity contribution in [3.05, 3.63) is 27.8 Å². The molecule has 2 atom stereocenters. The summed E-state index contributed by atoms with van der Waals surface area (Å²) < 4.78 is 5.14. The summed E-state index contributed by atoms with van der Waals surface area (Å²) in [6, 6.07) is 2.68. The quantitative estimate of drug-likeness (QED) is 0.483. The van der Waals surface area contributed by atoms with Crippen LogP contribution in [0.1, 0.15) is 23.7 Å². The minimum absolute atomic E-state index is 0.0103. The molecule has 0 radical (unpaired) electrons. The third-order valence-electron chi connectivity index (χ3n) is 4.23. The van der Waals surface area contributed by atoms with Gasteiger partial charge in [-0.3, -0.25) is 19.7 Å². The zero-order valence-corrected chi connectivity index (χ0v) is 15.0. The summed E-state index contributed by atoms with van der Waals surface area (Å²) in [5.74, 6) is -1.81. The number of nitro benzene ring substituents is 1. The number of ether oxygens (including phenoxy) is 1.